The molecule has 0 saturated heterocycles. The molecule has 0 spiro atoms. The van der Waals surface area contributed by atoms with Crippen molar-refractivity contribution in [1.82, 2.24) is 9.97 Å². The van der Waals surface area contributed by atoms with Gasteiger partial charge in [-0.2, -0.15) is 0 Å². The molecule has 2 aromatic carbocycles. The van der Waals surface area contributed by atoms with E-state index in [2.05, 4.69) is 9.97 Å². The fourth-order valence-corrected chi connectivity index (χ4v) is 2.95. The van der Waals surface area contributed by atoms with Crippen LogP contribution in [0.3, 0.4) is 0 Å². The third-order valence-corrected chi connectivity index (χ3v) is 3.80. The van der Waals surface area contributed by atoms with Gasteiger partial charge in [-0.3, -0.25) is 4.79 Å². The molecule has 108 valence electrons. The van der Waals surface area contributed by atoms with Crippen LogP contribution in [0.25, 0.3) is 33.5 Å². The first kappa shape index (κ1) is 13.4. The molecule has 6 heteroatoms. The van der Waals surface area contributed by atoms with Crippen molar-refractivity contribution < 1.29 is 4.42 Å². The first-order chi connectivity index (χ1) is 10.6. The smallest absolute Gasteiger partial charge is 0.294 e. The summed E-state index contributed by atoms with van der Waals surface area (Å²) in [6, 6.07) is 12.4. The summed E-state index contributed by atoms with van der Waals surface area (Å²) >= 11 is 12.0. The quantitative estimate of drug-likeness (QED) is 0.553. The Morgan fingerprint density at radius 2 is 1.77 bits per heavy atom. The van der Waals surface area contributed by atoms with Crippen molar-refractivity contribution in [2.24, 2.45) is 0 Å². The van der Waals surface area contributed by atoms with Crippen LogP contribution >= 0.6 is 23.2 Å². The van der Waals surface area contributed by atoms with Gasteiger partial charge in [-0.15, -0.1) is 0 Å². The fourth-order valence-electron chi connectivity index (χ4n) is 2.43. The third-order valence-electron chi connectivity index (χ3n) is 3.37. The number of hydrogen-bond donors (Lipinski definition) is 1. The number of para-hydroxylation sites is 1. The molecule has 0 atom stereocenters. The Labute approximate surface area is 134 Å². The van der Waals surface area contributed by atoms with E-state index in [-0.39, 0.29) is 11.1 Å². The van der Waals surface area contributed by atoms with E-state index in [4.69, 9.17) is 27.6 Å². The monoisotopic (exact) mass is 330 g/mol. The second kappa shape index (κ2) is 4.87. The molecule has 0 aliphatic heterocycles. The molecular weight excluding hydrogens is 323 g/mol. The van der Waals surface area contributed by atoms with Crippen molar-refractivity contribution in [3.05, 3.63) is 62.9 Å². The number of aromatic amines is 1. The predicted octanol–water partition coefficient (Wildman–Crippen LogP) is 4.64. The number of benzene rings is 2. The summed E-state index contributed by atoms with van der Waals surface area (Å²) in [5.41, 5.74) is 1.65. The number of nitrogens with zero attached hydrogens (tertiary/aromatic N) is 1. The molecule has 1 N–H and O–H groups in total. The predicted molar refractivity (Wildman–Crippen MR) is 87.6 cm³/mol. The molecule has 0 bridgehead atoms. The topological polar surface area (TPSA) is 58.9 Å². The second-order valence-corrected chi connectivity index (χ2v) is 5.72. The van der Waals surface area contributed by atoms with Gasteiger partial charge in [-0.25, -0.2) is 4.98 Å². The number of hydrogen-bond acceptors (Lipinski definition) is 3. The maximum Gasteiger partial charge on any atom is 0.294 e. The van der Waals surface area contributed by atoms with Crippen molar-refractivity contribution in [2.45, 2.75) is 0 Å². The highest BCUT2D eigenvalue weighted by molar-refractivity contribution is 6.35. The Hall–Kier alpha value is -2.30. The van der Waals surface area contributed by atoms with Gasteiger partial charge in [0.1, 0.15) is 16.9 Å². The molecule has 22 heavy (non-hydrogen) atoms. The Balaban J connectivity index is 2.07. The highest BCUT2D eigenvalue weighted by Gasteiger charge is 2.14. The zero-order valence-electron chi connectivity index (χ0n) is 11.1. The van der Waals surface area contributed by atoms with Gasteiger partial charge in [0.05, 0.1) is 0 Å². The van der Waals surface area contributed by atoms with Crippen LogP contribution in [0.1, 0.15) is 0 Å². The standard InChI is InChI=1S/C16H8Cl2N2O2/c17-9-5-8(6-10(18)7-9)15-19-13-11-3-1-2-4-12(11)22-14(13)16(21)20-15/h1-7H,(H,19,20,21). The minimum atomic E-state index is -0.340. The molecule has 2 aromatic heterocycles. The Morgan fingerprint density at radius 1 is 1.05 bits per heavy atom. The fraction of sp³-hybridized carbons (Fsp3) is 0. The van der Waals surface area contributed by atoms with Crippen molar-refractivity contribution in [3.8, 4) is 11.4 Å². The lowest BCUT2D eigenvalue weighted by molar-refractivity contribution is 0.661. The molecule has 0 radical (unpaired) electrons. The summed E-state index contributed by atoms with van der Waals surface area (Å²) in [5.74, 6) is 0.397. The summed E-state index contributed by atoms with van der Waals surface area (Å²) in [5, 5.41) is 1.74. The number of aromatic nitrogens is 2. The molecule has 0 fully saturated rings. The Morgan fingerprint density at radius 3 is 2.55 bits per heavy atom. The molecule has 0 amide bonds. The lowest BCUT2D eigenvalue weighted by atomic mass is 10.2. The van der Waals surface area contributed by atoms with Crippen molar-refractivity contribution in [1.29, 1.82) is 0 Å². The Bertz CT molecular complexity index is 1060. The van der Waals surface area contributed by atoms with Crippen molar-refractivity contribution in [3.63, 3.8) is 0 Å². The number of nitrogens with one attached hydrogen (secondary N) is 1. The van der Waals surface area contributed by atoms with Crippen LogP contribution in [-0.2, 0) is 0 Å². The van der Waals surface area contributed by atoms with Crippen LogP contribution in [0, 0.1) is 0 Å². The van der Waals surface area contributed by atoms with Gasteiger partial charge >= 0.3 is 0 Å². The van der Waals surface area contributed by atoms with Gasteiger partial charge in [0.2, 0.25) is 5.58 Å². The zero-order chi connectivity index (χ0) is 15.3. The minimum absolute atomic E-state index is 0.207. The van der Waals surface area contributed by atoms with Crippen LogP contribution in [-0.4, -0.2) is 9.97 Å². The number of furan rings is 1. The zero-order valence-corrected chi connectivity index (χ0v) is 12.6. The van der Waals surface area contributed by atoms with E-state index in [9.17, 15) is 4.79 Å². The van der Waals surface area contributed by atoms with Crippen LogP contribution in [0.2, 0.25) is 10.0 Å². The van der Waals surface area contributed by atoms with Crippen LogP contribution in [0.15, 0.2) is 51.7 Å². The highest BCUT2D eigenvalue weighted by Crippen LogP contribution is 2.28. The average molecular weight is 331 g/mol. The summed E-state index contributed by atoms with van der Waals surface area (Å²) in [7, 11) is 0. The summed E-state index contributed by atoms with van der Waals surface area (Å²) in [4.78, 5) is 19.5. The van der Waals surface area contributed by atoms with E-state index in [1.165, 1.54) is 0 Å². The highest BCUT2D eigenvalue weighted by atomic mass is 35.5. The normalized spacial score (nSPS) is 11.4. The van der Waals surface area contributed by atoms with Gasteiger partial charge < -0.3 is 9.40 Å². The third kappa shape index (κ3) is 2.08. The molecular formula is C16H8Cl2N2O2. The number of halogens is 2. The van der Waals surface area contributed by atoms with E-state index in [1.807, 2.05) is 18.2 Å². The lowest BCUT2D eigenvalue weighted by Crippen LogP contribution is -2.08. The number of fused-ring (bicyclic) bond motifs is 3. The van der Waals surface area contributed by atoms with Gasteiger partial charge in [-0.05, 0) is 30.3 Å². The average Bonchev–Trinajstić information content (AvgIpc) is 2.86. The van der Waals surface area contributed by atoms with Crippen LogP contribution < -0.4 is 5.56 Å². The SMILES string of the molecule is O=c1[nH]c(-c2cc(Cl)cc(Cl)c2)nc2c1oc1ccccc12. The molecule has 2 heterocycles. The van der Waals surface area contributed by atoms with Gasteiger partial charge in [0.25, 0.3) is 5.56 Å². The molecule has 0 saturated carbocycles. The Kier molecular flexibility index (Phi) is 2.96. The maximum atomic E-state index is 12.3. The first-order valence-corrected chi connectivity index (χ1v) is 7.25. The van der Waals surface area contributed by atoms with Gasteiger partial charge in [0.15, 0.2) is 0 Å². The van der Waals surface area contributed by atoms with E-state index in [0.29, 0.717) is 32.5 Å². The summed E-state index contributed by atoms with van der Waals surface area (Å²) < 4.78 is 5.56. The number of H-pyrrole nitrogens is 1. The molecule has 4 aromatic rings. The largest absolute Gasteiger partial charge is 0.449 e. The van der Waals surface area contributed by atoms with E-state index >= 15 is 0 Å². The van der Waals surface area contributed by atoms with Crippen LogP contribution in [0.5, 0.6) is 0 Å². The van der Waals surface area contributed by atoms with E-state index < -0.39 is 0 Å². The van der Waals surface area contributed by atoms with Gasteiger partial charge in [-0.1, -0.05) is 35.3 Å². The summed E-state index contributed by atoms with van der Waals surface area (Å²) in [6.45, 7) is 0. The van der Waals surface area contributed by atoms with Gasteiger partial charge in [0, 0.05) is 21.0 Å². The van der Waals surface area contributed by atoms with Crippen LogP contribution in [0.4, 0.5) is 0 Å². The van der Waals surface area contributed by atoms with Crippen molar-refractivity contribution >= 4 is 45.3 Å². The molecule has 0 unspecified atom stereocenters. The second-order valence-electron chi connectivity index (χ2n) is 4.85. The minimum Gasteiger partial charge on any atom is -0.449 e. The molecule has 4 nitrogen and oxygen atoms in total. The molecule has 0 aliphatic rings. The maximum absolute atomic E-state index is 12.3. The lowest BCUT2D eigenvalue weighted by Gasteiger charge is -2.02. The van der Waals surface area contributed by atoms with E-state index in [1.54, 1.807) is 24.3 Å². The molecule has 0 aliphatic carbocycles. The summed E-state index contributed by atoms with van der Waals surface area (Å²) in [6.07, 6.45) is 0. The van der Waals surface area contributed by atoms with E-state index in [0.717, 1.165) is 5.39 Å². The molecule has 4 rings (SSSR count). The number of rotatable bonds is 1. The first-order valence-electron chi connectivity index (χ1n) is 6.50. The van der Waals surface area contributed by atoms with Crippen molar-refractivity contribution in [2.75, 3.05) is 0 Å².